The van der Waals surface area contributed by atoms with Gasteiger partial charge in [-0.15, -0.1) is 11.3 Å². The molecule has 1 aromatic heterocycles. The number of hydrogen-bond acceptors (Lipinski definition) is 9. The molecular formula is C25H32N4O4S. The first kappa shape index (κ1) is 25.7. The van der Waals surface area contributed by atoms with E-state index >= 15 is 0 Å². The van der Waals surface area contributed by atoms with E-state index in [1.54, 1.807) is 23.5 Å². The molecule has 2 aromatic rings. The first-order chi connectivity index (χ1) is 16.5. The predicted molar refractivity (Wildman–Crippen MR) is 132 cm³/mol. The minimum absolute atomic E-state index is 0.177. The van der Waals surface area contributed by atoms with Crippen LogP contribution < -0.4 is 4.90 Å². The van der Waals surface area contributed by atoms with Crippen LogP contribution in [-0.2, 0) is 19.1 Å². The van der Waals surface area contributed by atoms with Crippen LogP contribution in [0.3, 0.4) is 0 Å². The van der Waals surface area contributed by atoms with E-state index in [9.17, 15) is 9.59 Å². The maximum Gasteiger partial charge on any atom is 0.320 e. The Morgan fingerprint density at radius 2 is 1.82 bits per heavy atom. The Bertz CT molecular complexity index is 978. The molecule has 0 unspecified atom stereocenters. The molecular weight excluding hydrogens is 452 g/mol. The fourth-order valence-corrected chi connectivity index (χ4v) is 5.02. The predicted octanol–water partition coefficient (Wildman–Crippen LogP) is 3.86. The Hall–Kier alpha value is -2.96. The van der Waals surface area contributed by atoms with Crippen molar-refractivity contribution in [3.05, 3.63) is 35.2 Å². The van der Waals surface area contributed by atoms with Gasteiger partial charge in [-0.3, -0.25) is 14.5 Å². The summed E-state index contributed by atoms with van der Waals surface area (Å²) in [5.41, 5.74) is 2.46. The maximum atomic E-state index is 11.9. The maximum absolute atomic E-state index is 11.9. The summed E-state index contributed by atoms with van der Waals surface area (Å²) in [5.74, 6) is -0.358. The van der Waals surface area contributed by atoms with Gasteiger partial charge in [-0.25, -0.2) is 4.98 Å². The summed E-state index contributed by atoms with van der Waals surface area (Å²) >= 11 is 1.59. The number of ether oxygens (including phenoxy) is 2. The van der Waals surface area contributed by atoms with Crippen LogP contribution >= 0.6 is 11.3 Å². The first-order valence-corrected chi connectivity index (χ1v) is 12.7. The molecule has 2 heterocycles. The SMILES string of the molecule is CCOC(=O)CCCN(c1nc(-c2ccc(C#N)cc2)cs1)C1CCN(CC(=O)OCC)CC1. The Balaban J connectivity index is 1.69. The minimum atomic E-state index is -0.181. The zero-order chi connectivity index (χ0) is 24.3. The molecule has 1 aliphatic rings. The topological polar surface area (TPSA) is 95.8 Å². The summed E-state index contributed by atoms with van der Waals surface area (Å²) in [5, 5.41) is 12.0. The quantitative estimate of drug-likeness (QED) is 0.444. The number of aromatic nitrogens is 1. The third-order valence-corrected chi connectivity index (χ3v) is 6.67. The normalized spacial score (nSPS) is 14.4. The van der Waals surface area contributed by atoms with Crippen molar-refractivity contribution >= 4 is 28.4 Å². The van der Waals surface area contributed by atoms with Gasteiger partial charge in [-0.2, -0.15) is 5.26 Å². The molecule has 0 amide bonds. The van der Waals surface area contributed by atoms with Crippen LogP contribution in [0.15, 0.2) is 29.6 Å². The lowest BCUT2D eigenvalue weighted by Gasteiger charge is -2.38. The van der Waals surface area contributed by atoms with Gasteiger partial charge in [0.05, 0.1) is 37.1 Å². The number of nitriles is 1. The fraction of sp³-hybridized carbons (Fsp3) is 0.520. The molecule has 0 atom stereocenters. The molecule has 1 fully saturated rings. The highest BCUT2D eigenvalue weighted by molar-refractivity contribution is 7.14. The largest absolute Gasteiger partial charge is 0.466 e. The van der Waals surface area contributed by atoms with Crippen molar-refractivity contribution in [1.29, 1.82) is 5.26 Å². The highest BCUT2D eigenvalue weighted by atomic mass is 32.1. The van der Waals surface area contributed by atoms with Gasteiger partial charge in [0.15, 0.2) is 5.13 Å². The summed E-state index contributed by atoms with van der Waals surface area (Å²) in [6, 6.07) is 9.84. The summed E-state index contributed by atoms with van der Waals surface area (Å²) in [7, 11) is 0. The molecule has 182 valence electrons. The molecule has 0 radical (unpaired) electrons. The zero-order valence-corrected chi connectivity index (χ0v) is 20.7. The highest BCUT2D eigenvalue weighted by Crippen LogP contribution is 2.31. The molecule has 1 saturated heterocycles. The van der Waals surface area contributed by atoms with Crippen molar-refractivity contribution < 1.29 is 19.1 Å². The van der Waals surface area contributed by atoms with Crippen molar-refractivity contribution in [2.45, 2.75) is 45.6 Å². The van der Waals surface area contributed by atoms with Gasteiger partial charge < -0.3 is 14.4 Å². The van der Waals surface area contributed by atoms with Crippen LogP contribution in [0.1, 0.15) is 45.1 Å². The van der Waals surface area contributed by atoms with Crippen molar-refractivity contribution in [2.24, 2.45) is 0 Å². The second-order valence-corrected chi connectivity index (χ2v) is 8.96. The van der Waals surface area contributed by atoms with Crippen LogP contribution in [0.2, 0.25) is 0 Å². The van der Waals surface area contributed by atoms with Crippen LogP contribution in [-0.4, -0.2) is 67.3 Å². The lowest BCUT2D eigenvalue weighted by atomic mass is 10.0. The van der Waals surface area contributed by atoms with Crippen molar-refractivity contribution in [2.75, 3.05) is 44.3 Å². The summed E-state index contributed by atoms with van der Waals surface area (Å²) in [6.45, 7) is 7.08. The number of benzene rings is 1. The third kappa shape index (κ3) is 7.27. The number of anilines is 1. The zero-order valence-electron chi connectivity index (χ0n) is 19.9. The molecule has 0 aliphatic carbocycles. The number of piperidine rings is 1. The molecule has 8 nitrogen and oxygen atoms in total. The van der Waals surface area contributed by atoms with Crippen molar-refractivity contribution in [3.8, 4) is 17.3 Å². The van der Waals surface area contributed by atoms with Gasteiger partial charge in [-0.1, -0.05) is 12.1 Å². The van der Waals surface area contributed by atoms with Crippen LogP contribution in [0, 0.1) is 11.3 Å². The lowest BCUT2D eigenvalue weighted by molar-refractivity contribution is -0.145. The molecule has 0 bridgehead atoms. The second-order valence-electron chi connectivity index (χ2n) is 8.12. The average molecular weight is 485 g/mol. The van der Waals surface area contributed by atoms with Gasteiger partial charge in [0.2, 0.25) is 0 Å². The second kappa shape index (κ2) is 13.1. The Kier molecular flexibility index (Phi) is 9.86. The highest BCUT2D eigenvalue weighted by Gasteiger charge is 2.27. The molecule has 0 spiro atoms. The van der Waals surface area contributed by atoms with E-state index in [4.69, 9.17) is 19.7 Å². The van der Waals surface area contributed by atoms with Gasteiger partial charge >= 0.3 is 11.9 Å². The van der Waals surface area contributed by atoms with E-state index in [0.29, 0.717) is 44.7 Å². The third-order valence-electron chi connectivity index (χ3n) is 5.79. The number of likely N-dealkylation sites (tertiary alicyclic amines) is 1. The smallest absolute Gasteiger partial charge is 0.320 e. The van der Waals surface area contributed by atoms with Gasteiger partial charge in [0.25, 0.3) is 0 Å². The standard InChI is InChI=1S/C25H32N4O4S/c1-3-32-23(30)6-5-13-29(21-11-14-28(15-12-21)17-24(31)33-4-2)25-27-22(18-34-25)20-9-7-19(16-26)8-10-20/h7-10,18,21H,3-6,11-15,17H2,1-2H3. The minimum Gasteiger partial charge on any atom is -0.466 e. The summed E-state index contributed by atoms with van der Waals surface area (Å²) < 4.78 is 10.2. The molecule has 9 heteroatoms. The van der Waals surface area contributed by atoms with Gasteiger partial charge in [0.1, 0.15) is 0 Å². The fourth-order valence-electron chi connectivity index (χ4n) is 4.08. The van der Waals surface area contributed by atoms with Crippen LogP contribution in [0.25, 0.3) is 11.3 Å². The Labute approximate surface area is 205 Å². The monoisotopic (exact) mass is 484 g/mol. The van der Waals surface area contributed by atoms with Gasteiger partial charge in [0, 0.05) is 43.0 Å². The number of thiazole rings is 1. The molecule has 1 aliphatic heterocycles. The van der Waals surface area contributed by atoms with E-state index in [1.807, 2.05) is 31.4 Å². The van der Waals surface area contributed by atoms with Crippen molar-refractivity contribution in [1.82, 2.24) is 9.88 Å². The summed E-state index contributed by atoms with van der Waals surface area (Å²) in [6.07, 6.45) is 2.88. The summed E-state index contributed by atoms with van der Waals surface area (Å²) in [4.78, 5) is 33.0. The number of carbonyl (C=O) groups excluding carboxylic acids is 2. The lowest BCUT2D eigenvalue weighted by Crippen LogP contribution is -2.47. The van der Waals surface area contributed by atoms with E-state index in [2.05, 4.69) is 15.9 Å². The van der Waals surface area contributed by atoms with E-state index < -0.39 is 0 Å². The number of esters is 2. The molecule has 0 saturated carbocycles. The molecule has 0 N–H and O–H groups in total. The number of hydrogen-bond donors (Lipinski definition) is 0. The molecule has 3 rings (SSSR count). The van der Waals surface area contributed by atoms with Gasteiger partial charge in [-0.05, 0) is 45.2 Å². The first-order valence-electron chi connectivity index (χ1n) is 11.8. The van der Waals surface area contributed by atoms with Crippen LogP contribution in [0.4, 0.5) is 5.13 Å². The molecule has 34 heavy (non-hydrogen) atoms. The Morgan fingerprint density at radius 3 is 2.47 bits per heavy atom. The van der Waals surface area contributed by atoms with Crippen LogP contribution in [0.5, 0.6) is 0 Å². The van der Waals surface area contributed by atoms with Crippen molar-refractivity contribution in [3.63, 3.8) is 0 Å². The number of carbonyl (C=O) groups is 2. The average Bonchev–Trinajstić information content (AvgIpc) is 3.33. The van der Waals surface area contributed by atoms with E-state index in [1.165, 1.54) is 0 Å². The Morgan fingerprint density at radius 1 is 1.15 bits per heavy atom. The van der Waals surface area contributed by atoms with E-state index in [0.717, 1.165) is 42.3 Å². The van der Waals surface area contributed by atoms with E-state index in [-0.39, 0.29) is 18.0 Å². The number of rotatable bonds is 11. The molecule has 1 aromatic carbocycles. The number of nitrogens with zero attached hydrogens (tertiary/aromatic N) is 4.